The Bertz CT molecular complexity index is 796. The zero-order chi connectivity index (χ0) is 19.9. The summed E-state index contributed by atoms with van der Waals surface area (Å²) in [7, 11) is 3.80. The van der Waals surface area contributed by atoms with Gasteiger partial charge in [-0.1, -0.05) is 29.8 Å². The summed E-state index contributed by atoms with van der Waals surface area (Å²) in [4.78, 5) is 13.3. The molecule has 3 rings (SSSR count). The van der Waals surface area contributed by atoms with Gasteiger partial charge in [0, 0.05) is 51.5 Å². The number of anilines is 1. The molecular weight excluding hydrogens is 374 g/mol. The van der Waals surface area contributed by atoms with E-state index in [-0.39, 0.29) is 6.10 Å². The number of nitrogens with zero attached hydrogens (tertiary/aromatic N) is 4. The minimum atomic E-state index is 0.246. The average Bonchev–Trinajstić information content (AvgIpc) is 2.69. The van der Waals surface area contributed by atoms with Gasteiger partial charge in [-0.25, -0.2) is 4.98 Å². The summed E-state index contributed by atoms with van der Waals surface area (Å²) in [6, 6.07) is 12.1. The van der Waals surface area contributed by atoms with E-state index in [4.69, 9.17) is 16.3 Å². The molecule has 1 aliphatic heterocycles. The van der Waals surface area contributed by atoms with Crippen molar-refractivity contribution in [3.05, 3.63) is 58.7 Å². The van der Waals surface area contributed by atoms with Gasteiger partial charge in [0.05, 0.1) is 12.7 Å². The number of benzene rings is 1. The number of halogens is 1. The lowest BCUT2D eigenvalue weighted by Gasteiger charge is -2.32. The van der Waals surface area contributed by atoms with E-state index in [0.717, 1.165) is 54.2 Å². The fourth-order valence-electron chi connectivity index (χ4n) is 3.28. The Morgan fingerprint density at radius 2 is 2.21 bits per heavy atom. The summed E-state index contributed by atoms with van der Waals surface area (Å²) in [5.41, 5.74) is 2.26. The van der Waals surface area contributed by atoms with Gasteiger partial charge < -0.3 is 19.9 Å². The Morgan fingerprint density at radius 3 is 2.89 bits per heavy atom. The largest absolute Gasteiger partial charge is 0.375 e. The van der Waals surface area contributed by atoms with E-state index in [1.165, 1.54) is 0 Å². The van der Waals surface area contributed by atoms with Crippen LogP contribution in [0.25, 0.3) is 0 Å². The third-order valence-electron chi connectivity index (χ3n) is 4.71. The molecule has 1 fully saturated rings. The van der Waals surface area contributed by atoms with Crippen LogP contribution in [0.1, 0.15) is 18.1 Å². The third kappa shape index (κ3) is 5.59. The zero-order valence-electron chi connectivity index (χ0n) is 16.7. The number of aliphatic imine (C=N–C) groups is 1. The molecule has 1 atom stereocenters. The molecule has 7 heteroatoms. The van der Waals surface area contributed by atoms with Crippen molar-refractivity contribution >= 4 is 23.4 Å². The molecule has 2 heterocycles. The van der Waals surface area contributed by atoms with Gasteiger partial charge in [-0.2, -0.15) is 0 Å². The van der Waals surface area contributed by atoms with Crippen molar-refractivity contribution in [1.29, 1.82) is 0 Å². The fraction of sp³-hybridized carbons (Fsp3) is 0.429. The molecule has 0 aliphatic carbocycles. The highest BCUT2D eigenvalue weighted by Crippen LogP contribution is 2.16. The average molecular weight is 402 g/mol. The van der Waals surface area contributed by atoms with Crippen LogP contribution in [0.3, 0.4) is 0 Å². The normalized spacial score (nSPS) is 17.5. The summed E-state index contributed by atoms with van der Waals surface area (Å²) in [5.74, 6) is 1.83. The summed E-state index contributed by atoms with van der Waals surface area (Å²) in [6.45, 7) is 6.00. The fourth-order valence-corrected chi connectivity index (χ4v) is 3.50. The summed E-state index contributed by atoms with van der Waals surface area (Å²) in [5, 5.41) is 4.14. The SMILES string of the molecule is CN=C(NCc1ccc(N2CCOC(C)C2)nc1)N(C)Cc1cccc(Cl)c1. The van der Waals surface area contributed by atoms with Crippen molar-refractivity contribution in [3.8, 4) is 0 Å². The predicted molar refractivity (Wildman–Crippen MR) is 115 cm³/mol. The summed E-state index contributed by atoms with van der Waals surface area (Å²) >= 11 is 6.08. The molecule has 2 aromatic rings. The minimum absolute atomic E-state index is 0.246. The van der Waals surface area contributed by atoms with E-state index >= 15 is 0 Å². The van der Waals surface area contributed by atoms with E-state index in [2.05, 4.69) is 50.2 Å². The molecule has 1 aromatic carbocycles. The van der Waals surface area contributed by atoms with Gasteiger partial charge in [-0.15, -0.1) is 0 Å². The van der Waals surface area contributed by atoms with Crippen LogP contribution in [0.4, 0.5) is 5.82 Å². The van der Waals surface area contributed by atoms with Crippen LogP contribution in [-0.4, -0.2) is 55.7 Å². The molecule has 0 saturated carbocycles. The first-order valence-corrected chi connectivity index (χ1v) is 9.90. The Balaban J connectivity index is 1.54. The molecule has 1 aliphatic rings. The van der Waals surface area contributed by atoms with Crippen molar-refractivity contribution in [2.24, 2.45) is 4.99 Å². The smallest absolute Gasteiger partial charge is 0.193 e. The highest BCUT2D eigenvalue weighted by atomic mass is 35.5. The molecular formula is C21H28ClN5O. The number of hydrogen-bond acceptors (Lipinski definition) is 4. The van der Waals surface area contributed by atoms with Crippen LogP contribution < -0.4 is 10.2 Å². The quantitative estimate of drug-likeness (QED) is 0.616. The lowest BCUT2D eigenvalue weighted by Crippen LogP contribution is -2.41. The number of morpholine rings is 1. The monoisotopic (exact) mass is 401 g/mol. The molecule has 0 bridgehead atoms. The number of ether oxygens (including phenoxy) is 1. The van der Waals surface area contributed by atoms with Crippen LogP contribution in [-0.2, 0) is 17.8 Å². The number of hydrogen-bond donors (Lipinski definition) is 1. The first-order valence-electron chi connectivity index (χ1n) is 9.53. The van der Waals surface area contributed by atoms with Crippen molar-refractivity contribution in [2.75, 3.05) is 38.7 Å². The van der Waals surface area contributed by atoms with Crippen molar-refractivity contribution < 1.29 is 4.74 Å². The molecule has 1 saturated heterocycles. The van der Waals surface area contributed by atoms with Gasteiger partial charge in [-0.3, -0.25) is 4.99 Å². The highest BCUT2D eigenvalue weighted by molar-refractivity contribution is 6.30. The number of pyridine rings is 1. The lowest BCUT2D eigenvalue weighted by molar-refractivity contribution is 0.0529. The van der Waals surface area contributed by atoms with Crippen LogP contribution in [0.15, 0.2) is 47.6 Å². The molecule has 1 aromatic heterocycles. The van der Waals surface area contributed by atoms with Gasteiger partial charge in [0.1, 0.15) is 5.82 Å². The Labute approximate surface area is 172 Å². The molecule has 28 heavy (non-hydrogen) atoms. The number of rotatable bonds is 5. The maximum absolute atomic E-state index is 6.08. The predicted octanol–water partition coefficient (Wildman–Crippen LogP) is 3.17. The van der Waals surface area contributed by atoms with Gasteiger partial charge in [0.15, 0.2) is 5.96 Å². The molecule has 1 unspecified atom stereocenters. The Hall–Kier alpha value is -2.31. The second kappa shape index (κ2) is 9.75. The maximum atomic E-state index is 6.08. The van der Waals surface area contributed by atoms with E-state index in [0.29, 0.717) is 6.54 Å². The standard InChI is InChI=1S/C21H28ClN5O/c1-16-14-27(9-10-28-16)20-8-7-18(12-24-20)13-25-21(23-2)26(3)15-17-5-4-6-19(22)11-17/h4-8,11-12,16H,9-10,13-15H2,1-3H3,(H,23,25). The molecule has 150 valence electrons. The second-order valence-electron chi connectivity index (χ2n) is 7.04. The second-order valence-corrected chi connectivity index (χ2v) is 7.48. The van der Waals surface area contributed by atoms with Gasteiger partial charge >= 0.3 is 0 Å². The molecule has 1 N–H and O–H groups in total. The van der Waals surface area contributed by atoms with Crippen molar-refractivity contribution in [2.45, 2.75) is 26.1 Å². The van der Waals surface area contributed by atoms with Gasteiger partial charge in [0.25, 0.3) is 0 Å². The Kier molecular flexibility index (Phi) is 7.12. The maximum Gasteiger partial charge on any atom is 0.193 e. The molecule has 6 nitrogen and oxygen atoms in total. The van der Waals surface area contributed by atoms with E-state index in [1.807, 2.05) is 31.4 Å². The minimum Gasteiger partial charge on any atom is -0.375 e. The summed E-state index contributed by atoms with van der Waals surface area (Å²) in [6.07, 6.45) is 2.17. The van der Waals surface area contributed by atoms with Crippen LogP contribution in [0.2, 0.25) is 5.02 Å². The number of guanidine groups is 1. The van der Waals surface area contributed by atoms with E-state index in [1.54, 1.807) is 7.05 Å². The molecule has 0 spiro atoms. The topological polar surface area (TPSA) is 53.0 Å². The molecule has 0 radical (unpaired) electrons. The third-order valence-corrected chi connectivity index (χ3v) is 4.94. The first kappa shape index (κ1) is 20.4. The van der Waals surface area contributed by atoms with E-state index < -0.39 is 0 Å². The van der Waals surface area contributed by atoms with Crippen molar-refractivity contribution in [1.82, 2.24) is 15.2 Å². The van der Waals surface area contributed by atoms with Crippen molar-refractivity contribution in [3.63, 3.8) is 0 Å². The van der Waals surface area contributed by atoms with E-state index in [9.17, 15) is 0 Å². The van der Waals surface area contributed by atoms with Crippen LogP contribution in [0.5, 0.6) is 0 Å². The Morgan fingerprint density at radius 1 is 1.36 bits per heavy atom. The van der Waals surface area contributed by atoms with Crippen LogP contribution >= 0.6 is 11.6 Å². The number of aromatic nitrogens is 1. The molecule has 0 amide bonds. The zero-order valence-corrected chi connectivity index (χ0v) is 17.5. The lowest BCUT2D eigenvalue weighted by atomic mass is 10.2. The highest BCUT2D eigenvalue weighted by Gasteiger charge is 2.17. The van der Waals surface area contributed by atoms with Gasteiger partial charge in [0.2, 0.25) is 0 Å². The first-order chi connectivity index (χ1) is 13.5. The van der Waals surface area contributed by atoms with Gasteiger partial charge in [-0.05, 0) is 36.2 Å². The van der Waals surface area contributed by atoms with Crippen LogP contribution in [0, 0.1) is 0 Å². The summed E-state index contributed by atoms with van der Waals surface area (Å²) < 4.78 is 5.60. The number of nitrogens with one attached hydrogen (secondary N) is 1.